The van der Waals surface area contributed by atoms with Crippen molar-refractivity contribution in [3.8, 4) is 11.3 Å². The second-order valence-electron chi connectivity index (χ2n) is 5.95. The van der Waals surface area contributed by atoms with Crippen LogP contribution in [0.4, 0.5) is 0 Å². The van der Waals surface area contributed by atoms with Crippen LogP contribution in [0.5, 0.6) is 0 Å². The van der Waals surface area contributed by atoms with Crippen LogP contribution in [-0.4, -0.2) is 21.9 Å². The average molecular weight is 368 g/mol. The number of hydrogen-bond acceptors (Lipinski definition) is 2. The Morgan fingerprint density at radius 1 is 1.15 bits per heavy atom. The predicted molar refractivity (Wildman–Crippen MR) is 102 cm³/mol. The van der Waals surface area contributed by atoms with Crippen molar-refractivity contribution in [2.75, 3.05) is 0 Å². The van der Waals surface area contributed by atoms with Gasteiger partial charge >= 0.3 is 5.97 Å². The van der Waals surface area contributed by atoms with Crippen LogP contribution in [0, 0.1) is 0 Å². The molecule has 0 bridgehead atoms. The summed E-state index contributed by atoms with van der Waals surface area (Å²) >= 11 is 6.15. The molecule has 26 heavy (non-hydrogen) atoms. The third-order valence-electron chi connectivity index (χ3n) is 4.37. The molecule has 132 valence electrons. The van der Waals surface area contributed by atoms with Gasteiger partial charge in [0.2, 0.25) is 0 Å². The summed E-state index contributed by atoms with van der Waals surface area (Å²) in [6.45, 7) is 2.29. The van der Waals surface area contributed by atoms with Gasteiger partial charge in [0.1, 0.15) is 0 Å². The molecule has 5 heteroatoms. The summed E-state index contributed by atoms with van der Waals surface area (Å²) in [6.07, 6.45) is 1.12. The van der Waals surface area contributed by atoms with E-state index in [-0.39, 0.29) is 11.3 Å². The highest BCUT2D eigenvalue weighted by Crippen LogP contribution is 2.34. The number of carbonyl (C=O) groups excluding carboxylic acids is 1. The first-order valence-electron chi connectivity index (χ1n) is 8.30. The molecular weight excluding hydrogens is 350 g/mol. The molecule has 0 aliphatic carbocycles. The number of carbonyl (C=O) groups is 2. The third kappa shape index (κ3) is 3.28. The van der Waals surface area contributed by atoms with E-state index in [9.17, 15) is 14.7 Å². The molecule has 2 aromatic carbocycles. The molecule has 0 saturated heterocycles. The molecule has 0 amide bonds. The molecule has 0 spiro atoms. The molecule has 0 aliphatic heterocycles. The molecule has 0 fully saturated rings. The molecule has 0 saturated carbocycles. The standard InChI is InChI=1S/C21H18ClNO3/c1-2-17-19(21(25)26)18(13-24)23(12-14-7-4-3-5-8-14)20(17)15-9-6-10-16(22)11-15/h3-11,13H,2,12H2,1H3,(H,25,26). The van der Waals surface area contributed by atoms with Crippen molar-refractivity contribution < 1.29 is 14.7 Å². The van der Waals surface area contributed by atoms with Gasteiger partial charge < -0.3 is 9.67 Å². The Hall–Kier alpha value is -2.85. The first-order chi connectivity index (χ1) is 12.6. The first kappa shape index (κ1) is 18.0. The molecular formula is C21H18ClNO3. The van der Waals surface area contributed by atoms with E-state index in [4.69, 9.17) is 11.6 Å². The smallest absolute Gasteiger partial charge is 0.338 e. The second kappa shape index (κ2) is 7.58. The van der Waals surface area contributed by atoms with E-state index in [0.29, 0.717) is 29.8 Å². The quantitative estimate of drug-likeness (QED) is 0.628. The summed E-state index contributed by atoms with van der Waals surface area (Å²) in [6, 6.07) is 16.9. The maximum atomic E-state index is 11.9. The highest BCUT2D eigenvalue weighted by Gasteiger charge is 2.26. The predicted octanol–water partition coefficient (Wildman–Crippen LogP) is 4.93. The fourth-order valence-electron chi connectivity index (χ4n) is 3.29. The van der Waals surface area contributed by atoms with Gasteiger partial charge in [-0.05, 0) is 35.2 Å². The maximum Gasteiger partial charge on any atom is 0.338 e. The minimum absolute atomic E-state index is 0.0633. The Morgan fingerprint density at radius 3 is 2.46 bits per heavy atom. The van der Waals surface area contributed by atoms with Crippen molar-refractivity contribution in [2.45, 2.75) is 19.9 Å². The van der Waals surface area contributed by atoms with E-state index in [1.807, 2.05) is 49.4 Å². The van der Waals surface area contributed by atoms with E-state index in [1.54, 1.807) is 16.7 Å². The van der Waals surface area contributed by atoms with Gasteiger partial charge in [0.05, 0.1) is 17.0 Å². The fourth-order valence-corrected chi connectivity index (χ4v) is 3.48. The summed E-state index contributed by atoms with van der Waals surface area (Å²) in [5, 5.41) is 10.3. The number of nitrogens with zero attached hydrogens (tertiary/aromatic N) is 1. The molecule has 1 aromatic heterocycles. The zero-order chi connectivity index (χ0) is 18.7. The number of hydrogen-bond donors (Lipinski definition) is 1. The van der Waals surface area contributed by atoms with Crippen LogP contribution in [0.15, 0.2) is 54.6 Å². The van der Waals surface area contributed by atoms with Gasteiger partial charge in [-0.15, -0.1) is 0 Å². The van der Waals surface area contributed by atoms with Crippen LogP contribution in [-0.2, 0) is 13.0 Å². The number of carboxylic acids is 1. The SMILES string of the molecule is CCc1c(C(=O)O)c(C=O)n(Cc2ccccc2)c1-c1cccc(Cl)c1. The van der Waals surface area contributed by atoms with Gasteiger partial charge in [0, 0.05) is 11.6 Å². The molecule has 3 rings (SSSR count). The molecule has 0 radical (unpaired) electrons. The van der Waals surface area contributed by atoms with E-state index >= 15 is 0 Å². The molecule has 3 aromatic rings. The highest BCUT2D eigenvalue weighted by molar-refractivity contribution is 6.30. The topological polar surface area (TPSA) is 59.3 Å². The summed E-state index contributed by atoms with van der Waals surface area (Å²) in [5.74, 6) is -1.10. The van der Waals surface area contributed by atoms with Crippen LogP contribution in [0.2, 0.25) is 5.02 Å². The molecule has 4 nitrogen and oxygen atoms in total. The van der Waals surface area contributed by atoms with E-state index in [2.05, 4.69) is 0 Å². The largest absolute Gasteiger partial charge is 0.478 e. The zero-order valence-corrected chi connectivity index (χ0v) is 15.0. The maximum absolute atomic E-state index is 11.9. The summed E-state index contributed by atoms with van der Waals surface area (Å²) in [4.78, 5) is 23.7. The number of benzene rings is 2. The van der Waals surface area contributed by atoms with E-state index in [0.717, 1.165) is 16.8 Å². The Balaban J connectivity index is 2.32. The lowest BCUT2D eigenvalue weighted by Crippen LogP contribution is -2.08. The van der Waals surface area contributed by atoms with Crippen molar-refractivity contribution in [1.82, 2.24) is 4.57 Å². The summed E-state index contributed by atoms with van der Waals surface area (Å²) in [5.41, 5.74) is 3.37. The number of aromatic carboxylic acids is 1. The molecule has 1 N–H and O–H groups in total. The van der Waals surface area contributed by atoms with E-state index in [1.165, 1.54) is 0 Å². The number of rotatable bonds is 6. The Bertz CT molecular complexity index is 961. The average Bonchev–Trinajstić information content (AvgIpc) is 2.96. The molecule has 0 unspecified atom stereocenters. The lowest BCUT2D eigenvalue weighted by Gasteiger charge is -2.13. The molecule has 0 aliphatic rings. The van der Waals surface area contributed by atoms with Crippen molar-refractivity contribution >= 4 is 23.9 Å². The van der Waals surface area contributed by atoms with Crippen molar-refractivity contribution in [2.24, 2.45) is 0 Å². The highest BCUT2D eigenvalue weighted by atomic mass is 35.5. The molecule has 0 atom stereocenters. The zero-order valence-electron chi connectivity index (χ0n) is 14.3. The van der Waals surface area contributed by atoms with Crippen LogP contribution in [0.3, 0.4) is 0 Å². The minimum atomic E-state index is -1.10. The number of aromatic nitrogens is 1. The Kier molecular flexibility index (Phi) is 5.24. The van der Waals surface area contributed by atoms with Crippen molar-refractivity contribution in [3.05, 3.63) is 82.0 Å². The monoisotopic (exact) mass is 367 g/mol. The number of carboxylic acid groups (broad SMARTS) is 1. The van der Waals surface area contributed by atoms with Gasteiger partial charge in [-0.3, -0.25) is 4.79 Å². The van der Waals surface area contributed by atoms with Gasteiger partial charge in [-0.25, -0.2) is 4.79 Å². The van der Waals surface area contributed by atoms with Crippen LogP contribution >= 0.6 is 11.6 Å². The fraction of sp³-hybridized carbons (Fsp3) is 0.143. The normalized spacial score (nSPS) is 10.7. The lowest BCUT2D eigenvalue weighted by atomic mass is 10.0. The third-order valence-corrected chi connectivity index (χ3v) is 4.60. The van der Waals surface area contributed by atoms with Crippen LogP contribution < -0.4 is 0 Å². The lowest BCUT2D eigenvalue weighted by molar-refractivity contribution is 0.0692. The van der Waals surface area contributed by atoms with Crippen LogP contribution in [0.25, 0.3) is 11.3 Å². The summed E-state index contributed by atoms with van der Waals surface area (Å²) in [7, 11) is 0. The summed E-state index contributed by atoms with van der Waals surface area (Å²) < 4.78 is 1.77. The van der Waals surface area contributed by atoms with Crippen molar-refractivity contribution in [1.29, 1.82) is 0 Å². The van der Waals surface area contributed by atoms with Gasteiger partial charge in [-0.2, -0.15) is 0 Å². The van der Waals surface area contributed by atoms with Crippen LogP contribution in [0.1, 0.15) is 38.9 Å². The first-order valence-corrected chi connectivity index (χ1v) is 8.68. The van der Waals surface area contributed by atoms with E-state index < -0.39 is 5.97 Å². The van der Waals surface area contributed by atoms with Gasteiger partial charge in [0.25, 0.3) is 0 Å². The second-order valence-corrected chi connectivity index (χ2v) is 6.38. The molecule has 1 heterocycles. The Labute approximate surface area is 156 Å². The number of halogens is 1. The Morgan fingerprint density at radius 2 is 1.88 bits per heavy atom. The van der Waals surface area contributed by atoms with Gasteiger partial charge in [0.15, 0.2) is 6.29 Å². The minimum Gasteiger partial charge on any atom is -0.478 e. The van der Waals surface area contributed by atoms with Gasteiger partial charge in [-0.1, -0.05) is 61.0 Å². The number of aldehydes is 1. The van der Waals surface area contributed by atoms with Crippen molar-refractivity contribution in [3.63, 3.8) is 0 Å².